The number of aromatic nitrogens is 3. The Morgan fingerprint density at radius 2 is 2.08 bits per heavy atom. The second kappa shape index (κ2) is 5.87. The molecule has 1 aliphatic heterocycles. The fourth-order valence-electron chi connectivity index (χ4n) is 2.94. The molecule has 4 atom stereocenters. The van der Waals surface area contributed by atoms with E-state index in [4.69, 9.17) is 4.74 Å². The lowest BCUT2D eigenvalue weighted by Gasteiger charge is -2.17. The van der Waals surface area contributed by atoms with Gasteiger partial charge in [0, 0.05) is 22.5 Å². The van der Waals surface area contributed by atoms with Crippen molar-refractivity contribution < 1.29 is 24.4 Å². The largest absolute Gasteiger partial charge is 0.394 e. The van der Waals surface area contributed by atoms with Gasteiger partial charge >= 0.3 is 6.08 Å². The van der Waals surface area contributed by atoms with E-state index in [1.54, 1.807) is 12.3 Å². The van der Waals surface area contributed by atoms with Gasteiger partial charge in [0.05, 0.1) is 12.3 Å². The molecule has 4 rings (SSSR count). The van der Waals surface area contributed by atoms with Crippen LogP contribution in [0.15, 0.2) is 29.1 Å². The summed E-state index contributed by atoms with van der Waals surface area (Å²) in [6.07, 6.45) is -3.68. The number of rotatable bonds is 3. The number of hydrogen-bond donors (Lipinski definition) is 3. The molecule has 126 valence electrons. The number of ether oxygens (including phenoxy) is 1. The molecule has 4 heterocycles. The Balaban J connectivity index is 1.84. The highest BCUT2D eigenvalue weighted by Crippen LogP contribution is 2.34. The van der Waals surface area contributed by atoms with Gasteiger partial charge < -0.3 is 24.6 Å². The van der Waals surface area contributed by atoms with Crippen LogP contribution < -0.4 is 0 Å². The summed E-state index contributed by atoms with van der Waals surface area (Å²) in [4.78, 5) is 7.69. The number of aliphatic hydroxyl groups is 3. The molecule has 0 bridgehead atoms. The Labute approximate surface area is 139 Å². The van der Waals surface area contributed by atoms with E-state index in [1.165, 1.54) is 15.9 Å². The van der Waals surface area contributed by atoms with Gasteiger partial charge in [0.15, 0.2) is 6.23 Å². The van der Waals surface area contributed by atoms with Gasteiger partial charge in [-0.1, -0.05) is 0 Å². The molecule has 9 heteroatoms. The van der Waals surface area contributed by atoms with E-state index >= 15 is 0 Å². The Morgan fingerprint density at radius 1 is 1.25 bits per heavy atom. The van der Waals surface area contributed by atoms with Crippen molar-refractivity contribution in [3.8, 4) is 11.3 Å². The van der Waals surface area contributed by atoms with E-state index in [0.717, 1.165) is 5.56 Å². The maximum absolute atomic E-state index is 13.9. The number of hydrogen-bond acceptors (Lipinski definition) is 7. The smallest absolute Gasteiger partial charge is 0.311 e. The van der Waals surface area contributed by atoms with Gasteiger partial charge in [-0.3, -0.25) is 0 Å². The van der Waals surface area contributed by atoms with E-state index in [0.29, 0.717) is 11.1 Å². The maximum Gasteiger partial charge on any atom is 0.311 e. The molecule has 0 radical (unpaired) electrons. The molecule has 3 aromatic heterocycles. The van der Waals surface area contributed by atoms with Gasteiger partial charge in [0.1, 0.15) is 24.0 Å². The summed E-state index contributed by atoms with van der Waals surface area (Å²) >= 11 is 1.47. The van der Waals surface area contributed by atoms with Crippen molar-refractivity contribution in [3.63, 3.8) is 0 Å². The molecule has 2 unspecified atom stereocenters. The van der Waals surface area contributed by atoms with Crippen molar-refractivity contribution in [2.24, 2.45) is 0 Å². The number of nitrogens with zero attached hydrogens (tertiary/aromatic N) is 3. The zero-order chi connectivity index (χ0) is 16.8. The van der Waals surface area contributed by atoms with Crippen LogP contribution in [0.4, 0.5) is 4.39 Å². The molecule has 1 aliphatic rings. The third kappa shape index (κ3) is 2.33. The SMILES string of the molecule is OC[C@H]1O[C@@H](n2ccc3c(-c4ccsc4)nc(F)nc32)C(O)C1O. The molecule has 1 saturated heterocycles. The first-order chi connectivity index (χ1) is 11.6. The van der Waals surface area contributed by atoms with Gasteiger partial charge in [-0.25, -0.2) is 4.98 Å². The van der Waals surface area contributed by atoms with E-state index in [9.17, 15) is 19.7 Å². The van der Waals surface area contributed by atoms with Crippen LogP contribution in [0.1, 0.15) is 6.23 Å². The molecule has 0 amide bonds. The highest BCUT2D eigenvalue weighted by atomic mass is 32.1. The minimum absolute atomic E-state index is 0.249. The average Bonchev–Trinajstić information content (AvgIpc) is 3.28. The van der Waals surface area contributed by atoms with Crippen LogP contribution in [0.2, 0.25) is 0 Å². The minimum Gasteiger partial charge on any atom is -0.394 e. The molecule has 0 aliphatic carbocycles. The van der Waals surface area contributed by atoms with Crippen molar-refractivity contribution in [1.29, 1.82) is 0 Å². The summed E-state index contributed by atoms with van der Waals surface area (Å²) in [5, 5.41) is 33.6. The second-order valence-corrected chi connectivity index (χ2v) is 6.32. The lowest BCUT2D eigenvalue weighted by Crippen LogP contribution is -2.33. The Morgan fingerprint density at radius 3 is 2.75 bits per heavy atom. The highest BCUT2D eigenvalue weighted by molar-refractivity contribution is 7.08. The summed E-state index contributed by atoms with van der Waals surface area (Å²) in [7, 11) is 0. The molecule has 24 heavy (non-hydrogen) atoms. The fourth-order valence-corrected chi connectivity index (χ4v) is 3.58. The van der Waals surface area contributed by atoms with Crippen LogP contribution in [-0.4, -0.2) is 54.8 Å². The number of thiophene rings is 1. The Hall–Kier alpha value is -1.91. The van der Waals surface area contributed by atoms with Crippen LogP contribution in [-0.2, 0) is 4.74 Å². The third-order valence-corrected chi connectivity index (χ3v) is 4.81. The van der Waals surface area contributed by atoms with E-state index in [1.807, 2.05) is 16.8 Å². The number of fused-ring (bicyclic) bond motifs is 1. The molecular weight excluding hydrogens is 337 g/mol. The van der Waals surface area contributed by atoms with Crippen molar-refractivity contribution in [3.05, 3.63) is 35.2 Å². The van der Waals surface area contributed by atoms with Crippen LogP contribution in [0.25, 0.3) is 22.3 Å². The van der Waals surface area contributed by atoms with Crippen molar-refractivity contribution in [2.75, 3.05) is 6.61 Å². The van der Waals surface area contributed by atoms with Gasteiger partial charge in [0.2, 0.25) is 0 Å². The average molecular weight is 351 g/mol. The van der Waals surface area contributed by atoms with Crippen LogP contribution >= 0.6 is 11.3 Å². The maximum atomic E-state index is 13.9. The van der Waals surface area contributed by atoms with E-state index in [-0.39, 0.29) is 5.65 Å². The van der Waals surface area contributed by atoms with Crippen LogP contribution in [0.5, 0.6) is 0 Å². The Bertz CT molecular complexity index is 869. The molecule has 1 fully saturated rings. The Kier molecular flexibility index (Phi) is 3.82. The summed E-state index contributed by atoms with van der Waals surface area (Å²) in [6, 6.07) is 3.53. The van der Waals surface area contributed by atoms with Crippen LogP contribution in [0.3, 0.4) is 0 Å². The van der Waals surface area contributed by atoms with E-state index < -0.39 is 37.2 Å². The van der Waals surface area contributed by atoms with Gasteiger partial charge in [0.25, 0.3) is 0 Å². The summed E-state index contributed by atoms with van der Waals surface area (Å²) in [5.74, 6) is 0. The van der Waals surface area contributed by atoms with E-state index in [2.05, 4.69) is 9.97 Å². The molecule has 7 nitrogen and oxygen atoms in total. The summed E-state index contributed by atoms with van der Waals surface area (Å²) in [6.45, 7) is -0.433. The van der Waals surface area contributed by atoms with Crippen molar-refractivity contribution in [1.82, 2.24) is 14.5 Å². The third-order valence-electron chi connectivity index (χ3n) is 4.13. The second-order valence-electron chi connectivity index (χ2n) is 5.54. The number of aliphatic hydroxyl groups excluding tert-OH is 3. The zero-order valence-corrected chi connectivity index (χ0v) is 13.1. The predicted molar refractivity (Wildman–Crippen MR) is 83.8 cm³/mol. The lowest BCUT2D eigenvalue weighted by atomic mass is 10.1. The first-order valence-electron chi connectivity index (χ1n) is 7.29. The first kappa shape index (κ1) is 15.6. The molecule has 0 spiro atoms. The topological polar surface area (TPSA) is 101 Å². The standard InChI is InChI=1S/C15H14FN3O4S/c16-15-17-10(7-2-4-24-6-7)8-1-3-19(13(8)18-15)14-12(22)11(21)9(5-20)23-14/h1-4,6,9,11-12,14,20-22H,5H2/t9-,11?,12?,14-/m1/s1. The summed E-state index contributed by atoms with van der Waals surface area (Å²) in [5.41, 5.74) is 1.47. The van der Waals surface area contributed by atoms with Gasteiger partial charge in [-0.15, -0.1) is 0 Å². The quantitative estimate of drug-likeness (QED) is 0.607. The lowest BCUT2D eigenvalue weighted by molar-refractivity contribution is -0.0509. The molecule has 3 aromatic rings. The zero-order valence-electron chi connectivity index (χ0n) is 12.3. The number of halogens is 1. The molecule has 0 saturated carbocycles. The molecule has 0 aromatic carbocycles. The highest BCUT2D eigenvalue weighted by Gasteiger charge is 2.43. The normalized spacial score (nSPS) is 27.2. The van der Waals surface area contributed by atoms with Crippen molar-refractivity contribution in [2.45, 2.75) is 24.5 Å². The van der Waals surface area contributed by atoms with Gasteiger partial charge in [-0.2, -0.15) is 20.7 Å². The van der Waals surface area contributed by atoms with Crippen LogP contribution in [0, 0.1) is 6.08 Å². The van der Waals surface area contributed by atoms with Gasteiger partial charge in [-0.05, 0) is 17.5 Å². The van der Waals surface area contributed by atoms with Crippen molar-refractivity contribution >= 4 is 22.4 Å². The summed E-state index contributed by atoms with van der Waals surface area (Å²) < 4.78 is 20.9. The molecular formula is C15H14FN3O4S. The minimum atomic E-state index is -1.26. The first-order valence-corrected chi connectivity index (χ1v) is 8.23. The predicted octanol–water partition coefficient (Wildman–Crippen LogP) is 0.910. The monoisotopic (exact) mass is 351 g/mol. The fraction of sp³-hybridized carbons (Fsp3) is 0.333. The molecule has 3 N–H and O–H groups in total.